The molecule has 0 fully saturated rings. The lowest BCUT2D eigenvalue weighted by Crippen LogP contribution is -2.42. The molecule has 1 atom stereocenters. The molecule has 0 spiro atoms. The van der Waals surface area contributed by atoms with E-state index < -0.39 is 8.32 Å². The second kappa shape index (κ2) is 5.29. The van der Waals surface area contributed by atoms with Crippen LogP contribution in [0.1, 0.15) is 32.5 Å². The first kappa shape index (κ1) is 14.3. The number of nitrogens with zero attached hydrogens (tertiary/aromatic N) is 1. The Morgan fingerprint density at radius 2 is 2.00 bits per heavy atom. The third-order valence-electron chi connectivity index (χ3n) is 3.50. The minimum Gasteiger partial charge on any atom is -0.415 e. The average Bonchev–Trinajstić information content (AvgIpc) is 2.25. The van der Waals surface area contributed by atoms with Gasteiger partial charge in [-0.2, -0.15) is 0 Å². The summed E-state index contributed by atoms with van der Waals surface area (Å²) in [4.78, 5) is 4.25. The molecule has 0 saturated heterocycles. The van der Waals surface area contributed by atoms with Gasteiger partial charge in [-0.1, -0.05) is 26.8 Å². The number of nitrogens with two attached hydrogens (primary N) is 1. The monoisotopic (exact) mass is 252 g/mol. The minimum atomic E-state index is -1.71. The van der Waals surface area contributed by atoms with Gasteiger partial charge in [-0.05, 0) is 30.3 Å². The predicted molar refractivity (Wildman–Crippen MR) is 74.3 cm³/mol. The quantitative estimate of drug-likeness (QED) is 0.838. The molecule has 0 aromatic carbocycles. The third-order valence-corrected chi connectivity index (χ3v) is 8.00. The predicted octanol–water partition coefficient (Wildman–Crippen LogP) is 3.10. The van der Waals surface area contributed by atoms with Crippen LogP contribution >= 0.6 is 0 Å². The van der Waals surface area contributed by atoms with E-state index in [2.05, 4.69) is 38.8 Å². The lowest BCUT2D eigenvalue weighted by atomic mass is 10.2. The van der Waals surface area contributed by atoms with Crippen molar-refractivity contribution in [2.75, 3.05) is 6.61 Å². The molecule has 0 aliphatic rings. The van der Waals surface area contributed by atoms with Crippen LogP contribution in [0.3, 0.4) is 0 Å². The standard InChI is InChI=1S/C13H24N2OSi/c1-13(2,3)17(4,5)16-10-11(14)12-8-6-7-9-15-12/h6-9,11H,10,14H2,1-5H3. The van der Waals surface area contributed by atoms with Gasteiger partial charge >= 0.3 is 0 Å². The zero-order chi connectivity index (χ0) is 13.1. The van der Waals surface area contributed by atoms with Crippen LogP contribution in [-0.2, 0) is 4.43 Å². The molecule has 1 aromatic rings. The molecule has 96 valence electrons. The van der Waals surface area contributed by atoms with Crippen molar-refractivity contribution >= 4 is 8.32 Å². The SMILES string of the molecule is CC(C)(C)[Si](C)(C)OCC(N)c1ccccn1. The molecular formula is C13H24N2OSi. The van der Waals surface area contributed by atoms with E-state index in [-0.39, 0.29) is 11.1 Å². The maximum atomic E-state index is 6.08. The van der Waals surface area contributed by atoms with Gasteiger partial charge in [0.15, 0.2) is 8.32 Å². The summed E-state index contributed by atoms with van der Waals surface area (Å²) < 4.78 is 6.08. The first-order valence-electron chi connectivity index (χ1n) is 6.04. The van der Waals surface area contributed by atoms with Crippen molar-refractivity contribution in [3.8, 4) is 0 Å². The van der Waals surface area contributed by atoms with Gasteiger partial charge in [-0.15, -0.1) is 0 Å². The molecule has 17 heavy (non-hydrogen) atoms. The number of rotatable bonds is 4. The van der Waals surface area contributed by atoms with Gasteiger partial charge in [0.2, 0.25) is 0 Å². The summed E-state index contributed by atoms with van der Waals surface area (Å²) in [6, 6.07) is 5.66. The van der Waals surface area contributed by atoms with E-state index in [1.54, 1.807) is 6.20 Å². The molecule has 1 aromatic heterocycles. The molecule has 2 N–H and O–H groups in total. The Morgan fingerprint density at radius 1 is 1.35 bits per heavy atom. The van der Waals surface area contributed by atoms with E-state index >= 15 is 0 Å². The highest BCUT2D eigenvalue weighted by Crippen LogP contribution is 2.36. The van der Waals surface area contributed by atoms with Crippen molar-refractivity contribution in [2.24, 2.45) is 5.73 Å². The second-order valence-electron chi connectivity index (χ2n) is 5.93. The Balaban J connectivity index is 2.58. The van der Waals surface area contributed by atoms with Gasteiger partial charge in [-0.3, -0.25) is 4.98 Å². The number of aromatic nitrogens is 1. The van der Waals surface area contributed by atoms with Crippen molar-refractivity contribution in [1.29, 1.82) is 0 Å². The van der Waals surface area contributed by atoms with Crippen LogP contribution < -0.4 is 5.73 Å². The highest BCUT2D eigenvalue weighted by molar-refractivity contribution is 6.74. The van der Waals surface area contributed by atoms with E-state index in [9.17, 15) is 0 Å². The fraction of sp³-hybridized carbons (Fsp3) is 0.615. The molecule has 0 aliphatic carbocycles. The summed E-state index contributed by atoms with van der Waals surface area (Å²) in [7, 11) is -1.71. The van der Waals surface area contributed by atoms with Crippen molar-refractivity contribution in [1.82, 2.24) is 4.98 Å². The van der Waals surface area contributed by atoms with Crippen LogP contribution in [0.15, 0.2) is 24.4 Å². The first-order valence-corrected chi connectivity index (χ1v) is 8.95. The zero-order valence-electron chi connectivity index (χ0n) is 11.5. The molecule has 1 heterocycles. The summed E-state index contributed by atoms with van der Waals surface area (Å²) >= 11 is 0. The Hall–Kier alpha value is -0.713. The Labute approximate surface area is 106 Å². The molecule has 0 radical (unpaired) electrons. The fourth-order valence-electron chi connectivity index (χ4n) is 1.20. The zero-order valence-corrected chi connectivity index (χ0v) is 12.5. The maximum Gasteiger partial charge on any atom is 0.192 e. The third kappa shape index (κ3) is 3.91. The van der Waals surface area contributed by atoms with E-state index in [1.807, 2.05) is 18.2 Å². The molecule has 4 heteroatoms. The van der Waals surface area contributed by atoms with Crippen LogP contribution in [0, 0.1) is 0 Å². The molecule has 3 nitrogen and oxygen atoms in total. The largest absolute Gasteiger partial charge is 0.415 e. The van der Waals surface area contributed by atoms with Crippen LogP contribution in [0.2, 0.25) is 18.1 Å². The van der Waals surface area contributed by atoms with E-state index in [0.29, 0.717) is 6.61 Å². The van der Waals surface area contributed by atoms with Crippen LogP contribution in [0.4, 0.5) is 0 Å². The van der Waals surface area contributed by atoms with Gasteiger partial charge in [-0.25, -0.2) is 0 Å². The first-order chi connectivity index (χ1) is 7.74. The highest BCUT2D eigenvalue weighted by Gasteiger charge is 2.37. The fourth-order valence-corrected chi connectivity index (χ4v) is 2.22. The Kier molecular flexibility index (Phi) is 4.46. The lowest BCUT2D eigenvalue weighted by Gasteiger charge is -2.36. The normalized spacial score (nSPS) is 14.7. The molecule has 0 saturated carbocycles. The number of hydrogen-bond donors (Lipinski definition) is 1. The molecule has 0 bridgehead atoms. The van der Waals surface area contributed by atoms with Crippen LogP contribution in [-0.4, -0.2) is 19.9 Å². The minimum absolute atomic E-state index is 0.134. The van der Waals surface area contributed by atoms with Crippen molar-refractivity contribution in [3.63, 3.8) is 0 Å². The Morgan fingerprint density at radius 3 is 2.47 bits per heavy atom. The van der Waals surface area contributed by atoms with Crippen molar-refractivity contribution in [3.05, 3.63) is 30.1 Å². The maximum absolute atomic E-state index is 6.08. The van der Waals surface area contributed by atoms with E-state index in [0.717, 1.165) is 5.69 Å². The molecule has 0 aliphatic heterocycles. The van der Waals surface area contributed by atoms with Crippen LogP contribution in [0.5, 0.6) is 0 Å². The average molecular weight is 252 g/mol. The van der Waals surface area contributed by atoms with Gasteiger partial charge in [0.05, 0.1) is 18.3 Å². The van der Waals surface area contributed by atoms with Gasteiger partial charge < -0.3 is 10.2 Å². The summed E-state index contributed by atoms with van der Waals surface area (Å²) in [5.74, 6) is 0. The summed E-state index contributed by atoms with van der Waals surface area (Å²) in [6.07, 6.45) is 1.77. The second-order valence-corrected chi connectivity index (χ2v) is 10.7. The topological polar surface area (TPSA) is 48.1 Å². The number of hydrogen-bond acceptors (Lipinski definition) is 3. The molecule has 0 amide bonds. The Bertz CT molecular complexity index is 346. The summed E-state index contributed by atoms with van der Waals surface area (Å²) in [5, 5.41) is 0.219. The highest BCUT2D eigenvalue weighted by atomic mass is 28.4. The lowest BCUT2D eigenvalue weighted by molar-refractivity contribution is 0.263. The molecule has 1 unspecified atom stereocenters. The smallest absolute Gasteiger partial charge is 0.192 e. The number of pyridine rings is 1. The van der Waals surface area contributed by atoms with E-state index in [4.69, 9.17) is 10.2 Å². The van der Waals surface area contributed by atoms with Gasteiger partial charge in [0.1, 0.15) is 0 Å². The van der Waals surface area contributed by atoms with Crippen molar-refractivity contribution in [2.45, 2.75) is 44.9 Å². The molecular weight excluding hydrogens is 228 g/mol. The summed E-state index contributed by atoms with van der Waals surface area (Å²) in [5.41, 5.74) is 6.97. The van der Waals surface area contributed by atoms with Gasteiger partial charge in [0, 0.05) is 6.20 Å². The van der Waals surface area contributed by atoms with Crippen molar-refractivity contribution < 1.29 is 4.43 Å². The van der Waals surface area contributed by atoms with E-state index in [1.165, 1.54) is 0 Å². The van der Waals surface area contributed by atoms with Crippen LogP contribution in [0.25, 0.3) is 0 Å². The molecule has 1 rings (SSSR count). The summed E-state index contributed by atoms with van der Waals surface area (Å²) in [6.45, 7) is 11.7. The van der Waals surface area contributed by atoms with Gasteiger partial charge in [0.25, 0.3) is 0 Å².